The van der Waals surface area contributed by atoms with Crippen LogP contribution in [0.4, 0.5) is 29.3 Å². The minimum absolute atomic E-state index is 0. The molecule has 0 spiro atoms. The SMILES string of the molecule is C.CN(Cc1ccccc1C(F)(F)F)c1c(Cl)cccc1N1NNNC1=O. The highest BCUT2D eigenvalue weighted by molar-refractivity contribution is 6.34. The van der Waals surface area contributed by atoms with E-state index in [4.69, 9.17) is 11.6 Å². The topological polar surface area (TPSA) is 59.6 Å². The average molecular weight is 402 g/mol. The Bertz CT molecular complexity index is 830. The molecule has 2 aromatic carbocycles. The van der Waals surface area contributed by atoms with Gasteiger partial charge in [-0.15, -0.1) is 11.1 Å². The minimum atomic E-state index is -4.46. The lowest BCUT2D eigenvalue weighted by molar-refractivity contribution is -0.138. The molecule has 2 aromatic rings. The maximum atomic E-state index is 13.2. The van der Waals surface area contributed by atoms with E-state index in [1.807, 2.05) is 0 Å². The molecule has 1 aliphatic rings. The van der Waals surface area contributed by atoms with Crippen molar-refractivity contribution in [2.24, 2.45) is 0 Å². The fourth-order valence-electron chi connectivity index (χ4n) is 2.75. The van der Waals surface area contributed by atoms with Crippen molar-refractivity contribution in [3.05, 3.63) is 58.6 Å². The number of halogens is 4. The standard InChI is InChI=1S/C16H15ClF3N5O.CH4/c1-24(9-10-5-2-3-6-11(10)16(18,19)20)14-12(17)7-4-8-13(14)25-15(26)21-22-23-25;/h2-8,22-23H,9H2,1H3,(H,21,26);1H4. The zero-order valence-corrected chi connectivity index (χ0v) is 14.3. The number of hydrazine groups is 3. The van der Waals surface area contributed by atoms with Gasteiger partial charge in [0.25, 0.3) is 0 Å². The van der Waals surface area contributed by atoms with Gasteiger partial charge in [0.05, 0.1) is 22.0 Å². The van der Waals surface area contributed by atoms with Crippen LogP contribution in [0.3, 0.4) is 0 Å². The number of alkyl halides is 3. The summed E-state index contributed by atoms with van der Waals surface area (Å²) in [6, 6.07) is 9.75. The summed E-state index contributed by atoms with van der Waals surface area (Å²) in [5.41, 5.74) is 7.60. The number of para-hydroxylation sites is 1. The van der Waals surface area contributed by atoms with Gasteiger partial charge in [0.2, 0.25) is 0 Å². The summed E-state index contributed by atoms with van der Waals surface area (Å²) in [4.78, 5) is 13.4. The molecule has 0 unspecified atom stereocenters. The van der Waals surface area contributed by atoms with E-state index in [1.165, 1.54) is 17.1 Å². The molecule has 10 heteroatoms. The number of hydrogen-bond donors (Lipinski definition) is 3. The number of carbonyl (C=O) groups excluding carboxylic acids is 1. The summed E-state index contributed by atoms with van der Waals surface area (Å²) >= 11 is 6.28. The molecule has 1 heterocycles. The Morgan fingerprint density at radius 3 is 2.48 bits per heavy atom. The highest BCUT2D eigenvalue weighted by atomic mass is 35.5. The van der Waals surface area contributed by atoms with Crippen LogP contribution in [-0.2, 0) is 12.7 Å². The molecule has 3 rings (SSSR count). The summed E-state index contributed by atoms with van der Waals surface area (Å²) in [5.74, 6) is 0. The summed E-state index contributed by atoms with van der Waals surface area (Å²) in [6.07, 6.45) is -4.46. The van der Waals surface area contributed by atoms with Crippen molar-refractivity contribution in [1.29, 1.82) is 0 Å². The number of nitrogens with one attached hydrogen (secondary N) is 3. The first-order valence-corrected chi connectivity index (χ1v) is 7.92. The minimum Gasteiger partial charge on any atom is -0.367 e. The van der Waals surface area contributed by atoms with Crippen molar-refractivity contribution in [1.82, 2.24) is 16.5 Å². The second kappa shape index (κ2) is 8.03. The summed E-state index contributed by atoms with van der Waals surface area (Å²) in [7, 11) is 1.61. The molecule has 1 saturated heterocycles. The van der Waals surface area contributed by atoms with Gasteiger partial charge in [0, 0.05) is 13.6 Å². The Hall–Kier alpha value is -2.49. The Morgan fingerprint density at radius 1 is 1.15 bits per heavy atom. The Kier molecular flexibility index (Phi) is 6.19. The van der Waals surface area contributed by atoms with Crippen molar-refractivity contribution < 1.29 is 18.0 Å². The number of rotatable bonds is 4. The monoisotopic (exact) mass is 401 g/mol. The van der Waals surface area contributed by atoms with Crippen LogP contribution in [0.2, 0.25) is 5.02 Å². The van der Waals surface area contributed by atoms with Crippen LogP contribution in [-0.4, -0.2) is 13.1 Å². The van der Waals surface area contributed by atoms with Gasteiger partial charge in [-0.2, -0.15) is 13.2 Å². The van der Waals surface area contributed by atoms with E-state index in [2.05, 4.69) is 16.5 Å². The average Bonchev–Trinajstić information content (AvgIpc) is 3.00. The zero-order chi connectivity index (χ0) is 18.9. The van der Waals surface area contributed by atoms with Gasteiger partial charge in [-0.05, 0) is 23.8 Å². The fourth-order valence-corrected chi connectivity index (χ4v) is 3.06. The third-order valence-corrected chi connectivity index (χ3v) is 4.16. The normalized spacial score (nSPS) is 14.0. The quantitative estimate of drug-likeness (QED) is 0.722. The van der Waals surface area contributed by atoms with Crippen LogP contribution >= 0.6 is 11.6 Å². The van der Waals surface area contributed by atoms with Gasteiger partial charge in [-0.3, -0.25) is 5.43 Å². The Labute approximate surface area is 159 Å². The van der Waals surface area contributed by atoms with E-state index in [0.717, 1.165) is 6.07 Å². The van der Waals surface area contributed by atoms with Crippen LogP contribution in [0.5, 0.6) is 0 Å². The fraction of sp³-hybridized carbons (Fsp3) is 0.235. The number of carbonyl (C=O) groups is 1. The summed E-state index contributed by atoms with van der Waals surface area (Å²) < 4.78 is 39.7. The van der Waals surface area contributed by atoms with Crippen LogP contribution in [0.25, 0.3) is 0 Å². The third kappa shape index (κ3) is 4.26. The van der Waals surface area contributed by atoms with Gasteiger partial charge < -0.3 is 4.90 Å². The van der Waals surface area contributed by atoms with Crippen molar-refractivity contribution in [2.75, 3.05) is 17.0 Å². The van der Waals surface area contributed by atoms with Gasteiger partial charge >= 0.3 is 12.2 Å². The number of nitrogens with zero attached hydrogens (tertiary/aromatic N) is 2. The number of amides is 2. The first-order valence-electron chi connectivity index (χ1n) is 7.54. The molecule has 0 saturated carbocycles. The van der Waals surface area contributed by atoms with E-state index in [-0.39, 0.29) is 19.5 Å². The molecular formula is C17H19ClF3N5O. The second-order valence-electron chi connectivity index (χ2n) is 5.62. The molecule has 1 fully saturated rings. The molecule has 2 amide bonds. The number of anilines is 2. The smallest absolute Gasteiger partial charge is 0.367 e. The molecule has 3 N–H and O–H groups in total. The number of hydrogen-bond acceptors (Lipinski definition) is 4. The Morgan fingerprint density at radius 2 is 1.85 bits per heavy atom. The van der Waals surface area contributed by atoms with Gasteiger partial charge in [-0.25, -0.2) is 9.80 Å². The molecule has 146 valence electrons. The first kappa shape index (κ1) is 20.8. The highest BCUT2D eigenvalue weighted by Crippen LogP contribution is 2.38. The van der Waals surface area contributed by atoms with Crippen molar-refractivity contribution >= 4 is 29.0 Å². The predicted octanol–water partition coefficient (Wildman–Crippen LogP) is 4.09. The van der Waals surface area contributed by atoms with E-state index >= 15 is 0 Å². The number of benzene rings is 2. The maximum absolute atomic E-state index is 13.2. The largest absolute Gasteiger partial charge is 0.416 e. The van der Waals surface area contributed by atoms with Gasteiger partial charge in [0.15, 0.2) is 0 Å². The highest BCUT2D eigenvalue weighted by Gasteiger charge is 2.33. The summed E-state index contributed by atoms with van der Waals surface area (Å²) in [6.45, 7) is -0.0463. The third-order valence-electron chi connectivity index (χ3n) is 3.86. The van der Waals surface area contributed by atoms with E-state index < -0.39 is 17.8 Å². The molecule has 0 aliphatic carbocycles. The van der Waals surface area contributed by atoms with E-state index in [9.17, 15) is 18.0 Å². The van der Waals surface area contributed by atoms with Crippen LogP contribution in [0, 0.1) is 0 Å². The summed E-state index contributed by atoms with van der Waals surface area (Å²) in [5, 5.41) is 1.48. The Balaban J connectivity index is 0.00000261. The second-order valence-corrected chi connectivity index (χ2v) is 6.03. The molecule has 0 atom stereocenters. The molecule has 27 heavy (non-hydrogen) atoms. The maximum Gasteiger partial charge on any atom is 0.416 e. The van der Waals surface area contributed by atoms with Crippen molar-refractivity contribution in [2.45, 2.75) is 20.1 Å². The lowest BCUT2D eigenvalue weighted by atomic mass is 10.1. The molecule has 0 aromatic heterocycles. The number of urea groups is 1. The zero-order valence-electron chi connectivity index (χ0n) is 13.6. The molecule has 1 aliphatic heterocycles. The molecule has 0 bridgehead atoms. The first-order chi connectivity index (χ1) is 12.3. The van der Waals surface area contributed by atoms with Crippen LogP contribution < -0.4 is 26.4 Å². The van der Waals surface area contributed by atoms with Crippen LogP contribution in [0.1, 0.15) is 18.6 Å². The van der Waals surface area contributed by atoms with E-state index in [1.54, 1.807) is 36.2 Å². The lowest BCUT2D eigenvalue weighted by Gasteiger charge is -2.27. The predicted molar refractivity (Wildman–Crippen MR) is 99.0 cm³/mol. The molecule has 0 radical (unpaired) electrons. The van der Waals surface area contributed by atoms with Crippen LogP contribution in [0.15, 0.2) is 42.5 Å². The lowest BCUT2D eigenvalue weighted by Crippen LogP contribution is -2.38. The van der Waals surface area contributed by atoms with Gasteiger partial charge in [-0.1, -0.05) is 43.3 Å². The van der Waals surface area contributed by atoms with Crippen molar-refractivity contribution in [3.8, 4) is 0 Å². The van der Waals surface area contributed by atoms with Crippen molar-refractivity contribution in [3.63, 3.8) is 0 Å². The van der Waals surface area contributed by atoms with E-state index in [0.29, 0.717) is 16.4 Å². The molecular weight excluding hydrogens is 383 g/mol. The van der Waals surface area contributed by atoms with Gasteiger partial charge in [0.1, 0.15) is 0 Å². The molecule has 6 nitrogen and oxygen atoms in total.